The molecule has 0 aliphatic heterocycles. The van der Waals surface area contributed by atoms with E-state index in [2.05, 4.69) is 67.8 Å². The molecule has 2 rings (SSSR count). The molecule has 0 saturated carbocycles. The number of ether oxygens (including phenoxy) is 1. The highest BCUT2D eigenvalue weighted by atomic mass is 127. The third-order valence-corrected chi connectivity index (χ3v) is 8.17. The van der Waals surface area contributed by atoms with Crippen molar-refractivity contribution in [3.63, 3.8) is 0 Å². The van der Waals surface area contributed by atoms with E-state index in [1.165, 1.54) is 15.7 Å². The Balaban J connectivity index is 2.48. The average molecular weight is 636 g/mol. The van der Waals surface area contributed by atoms with E-state index in [0.29, 0.717) is 5.75 Å². The fourth-order valence-corrected chi connectivity index (χ4v) is 4.48. The molecule has 2 aromatic rings. The first-order valence-electron chi connectivity index (χ1n) is 6.11. The summed E-state index contributed by atoms with van der Waals surface area (Å²) in [6.45, 7) is 4.01. The molecule has 0 saturated heterocycles. The number of aromatic carboxylic acids is 1. The molecule has 0 bridgehead atoms. The number of halogens is 3. The van der Waals surface area contributed by atoms with Crippen molar-refractivity contribution in [2.24, 2.45) is 0 Å². The number of carbonyl (C=O) groups is 1. The van der Waals surface area contributed by atoms with Crippen molar-refractivity contribution in [3.05, 3.63) is 45.6 Å². The lowest BCUT2D eigenvalue weighted by atomic mass is 10.1. The summed E-state index contributed by atoms with van der Waals surface area (Å²) in [5.74, 6) is -0.352. The van der Waals surface area contributed by atoms with Gasteiger partial charge >= 0.3 is 5.97 Å². The molecule has 2 N–H and O–H groups in total. The zero-order valence-corrected chi connectivity index (χ0v) is 18.0. The van der Waals surface area contributed by atoms with Gasteiger partial charge in [-0.25, -0.2) is 4.79 Å². The molecule has 0 aliphatic rings. The average Bonchev–Trinajstić information content (AvgIpc) is 2.47. The minimum Gasteiger partial charge on any atom is -0.507 e. The SMILES string of the molecule is Cc1c(I)c(I)c(C)c(Oc2ccc(C(=O)O)c(O)c2)c1I. The van der Waals surface area contributed by atoms with Crippen LogP contribution in [-0.4, -0.2) is 16.2 Å². The Hall–Kier alpha value is -0.300. The van der Waals surface area contributed by atoms with E-state index in [9.17, 15) is 9.90 Å². The summed E-state index contributed by atoms with van der Waals surface area (Å²) in [6, 6.07) is 4.19. The second-order valence-corrected chi connectivity index (χ2v) is 7.84. The number of rotatable bonds is 3. The molecule has 0 amide bonds. The molecule has 0 atom stereocenters. The van der Waals surface area contributed by atoms with Gasteiger partial charge < -0.3 is 14.9 Å². The summed E-state index contributed by atoms with van der Waals surface area (Å²) >= 11 is 6.83. The highest BCUT2D eigenvalue weighted by molar-refractivity contribution is 14.1. The Labute approximate surface area is 168 Å². The van der Waals surface area contributed by atoms with E-state index < -0.39 is 5.97 Å². The van der Waals surface area contributed by atoms with Crippen molar-refractivity contribution in [2.45, 2.75) is 13.8 Å². The van der Waals surface area contributed by atoms with Crippen LogP contribution in [0.4, 0.5) is 0 Å². The van der Waals surface area contributed by atoms with Gasteiger partial charge in [-0.2, -0.15) is 0 Å². The topological polar surface area (TPSA) is 66.8 Å². The number of hydrogen-bond acceptors (Lipinski definition) is 3. The lowest BCUT2D eigenvalue weighted by Gasteiger charge is -2.16. The van der Waals surface area contributed by atoms with Crippen molar-refractivity contribution in [1.29, 1.82) is 0 Å². The summed E-state index contributed by atoms with van der Waals surface area (Å²) in [4.78, 5) is 10.9. The Kier molecular flexibility index (Phi) is 5.80. The summed E-state index contributed by atoms with van der Waals surface area (Å²) in [6.07, 6.45) is 0. The van der Waals surface area contributed by atoms with Gasteiger partial charge in [0.15, 0.2) is 0 Å². The maximum Gasteiger partial charge on any atom is 0.339 e. The maximum atomic E-state index is 10.9. The summed E-state index contributed by atoms with van der Waals surface area (Å²) < 4.78 is 9.22. The highest BCUT2D eigenvalue weighted by Gasteiger charge is 2.18. The summed E-state index contributed by atoms with van der Waals surface area (Å²) in [5, 5.41) is 18.7. The van der Waals surface area contributed by atoms with E-state index in [0.717, 1.165) is 24.0 Å². The molecule has 0 fully saturated rings. The third kappa shape index (κ3) is 3.45. The first kappa shape index (κ1) is 18.0. The van der Waals surface area contributed by atoms with Crippen molar-refractivity contribution in [2.75, 3.05) is 0 Å². The molecule has 116 valence electrons. The van der Waals surface area contributed by atoms with Gasteiger partial charge in [-0.05, 0) is 99.3 Å². The molecule has 0 radical (unpaired) electrons. The Morgan fingerprint density at radius 3 is 2.18 bits per heavy atom. The van der Waals surface area contributed by atoms with Gasteiger partial charge in [-0.15, -0.1) is 0 Å². The maximum absolute atomic E-state index is 10.9. The van der Waals surface area contributed by atoms with E-state index in [1.807, 2.05) is 13.8 Å². The molecule has 0 aliphatic carbocycles. The third-order valence-electron chi connectivity index (χ3n) is 3.14. The van der Waals surface area contributed by atoms with Crippen molar-refractivity contribution in [3.8, 4) is 17.2 Å². The Morgan fingerprint density at radius 1 is 1.05 bits per heavy atom. The van der Waals surface area contributed by atoms with Crippen LogP contribution in [0.5, 0.6) is 17.2 Å². The zero-order valence-electron chi connectivity index (χ0n) is 11.6. The van der Waals surface area contributed by atoms with Gasteiger partial charge in [0.2, 0.25) is 0 Å². The number of phenols is 1. The molecule has 7 heteroatoms. The second kappa shape index (κ2) is 7.07. The predicted molar refractivity (Wildman–Crippen MR) is 109 cm³/mol. The molecule has 22 heavy (non-hydrogen) atoms. The zero-order chi connectivity index (χ0) is 16.6. The van der Waals surface area contributed by atoms with Crippen LogP contribution < -0.4 is 4.74 Å². The van der Waals surface area contributed by atoms with Gasteiger partial charge in [0.05, 0.1) is 3.57 Å². The lowest BCUT2D eigenvalue weighted by molar-refractivity contribution is 0.0693. The molecule has 2 aromatic carbocycles. The standard InChI is InChI=1S/C15H11I3O4/c1-6-11(16)12(17)7(2)14(13(6)18)22-8-3-4-9(15(20)21)10(19)5-8/h3-5,19H,1-2H3,(H,20,21). The van der Waals surface area contributed by atoms with Crippen LogP contribution in [0.15, 0.2) is 18.2 Å². The van der Waals surface area contributed by atoms with Crippen molar-refractivity contribution in [1.82, 2.24) is 0 Å². The van der Waals surface area contributed by atoms with Crippen LogP contribution in [-0.2, 0) is 0 Å². The van der Waals surface area contributed by atoms with Gasteiger partial charge in [-0.3, -0.25) is 0 Å². The molecule has 0 spiro atoms. The molecular formula is C15H11I3O4. The second-order valence-electron chi connectivity index (χ2n) is 4.61. The van der Waals surface area contributed by atoms with Gasteiger partial charge in [-0.1, -0.05) is 0 Å². The van der Waals surface area contributed by atoms with Crippen LogP contribution >= 0.6 is 67.8 Å². The normalized spacial score (nSPS) is 10.6. The van der Waals surface area contributed by atoms with E-state index in [4.69, 9.17) is 9.84 Å². The Bertz CT molecular complexity index is 743. The van der Waals surface area contributed by atoms with Crippen molar-refractivity contribution < 1.29 is 19.7 Å². The Morgan fingerprint density at radius 2 is 1.64 bits per heavy atom. The number of aromatic hydroxyl groups is 1. The summed E-state index contributed by atoms with van der Waals surface area (Å²) in [7, 11) is 0. The first-order valence-corrected chi connectivity index (χ1v) is 9.35. The van der Waals surface area contributed by atoms with Crippen LogP contribution in [0.2, 0.25) is 0 Å². The van der Waals surface area contributed by atoms with Crippen LogP contribution in [0.25, 0.3) is 0 Å². The van der Waals surface area contributed by atoms with E-state index in [1.54, 1.807) is 6.07 Å². The van der Waals surface area contributed by atoms with Crippen LogP contribution in [0, 0.1) is 24.6 Å². The molecule has 0 aromatic heterocycles. The molecular weight excluding hydrogens is 625 g/mol. The largest absolute Gasteiger partial charge is 0.507 e. The minimum atomic E-state index is -1.17. The summed E-state index contributed by atoms with van der Waals surface area (Å²) in [5.41, 5.74) is 2.01. The number of hydrogen-bond donors (Lipinski definition) is 2. The highest BCUT2D eigenvalue weighted by Crippen LogP contribution is 2.39. The van der Waals surface area contributed by atoms with E-state index in [-0.39, 0.29) is 11.3 Å². The van der Waals surface area contributed by atoms with E-state index >= 15 is 0 Å². The molecule has 4 nitrogen and oxygen atoms in total. The minimum absolute atomic E-state index is 0.146. The monoisotopic (exact) mass is 636 g/mol. The smallest absolute Gasteiger partial charge is 0.339 e. The quantitative estimate of drug-likeness (QED) is 0.355. The number of benzene rings is 2. The number of carboxylic acids is 1. The lowest BCUT2D eigenvalue weighted by Crippen LogP contribution is -2.01. The van der Waals surface area contributed by atoms with Gasteiger partial charge in [0, 0.05) is 18.8 Å². The fourth-order valence-electron chi connectivity index (χ4n) is 1.86. The predicted octanol–water partition coefficient (Wildman–Crippen LogP) is 5.31. The fraction of sp³-hybridized carbons (Fsp3) is 0.133. The van der Waals surface area contributed by atoms with Crippen LogP contribution in [0.1, 0.15) is 21.5 Å². The van der Waals surface area contributed by atoms with Gasteiger partial charge in [0.25, 0.3) is 0 Å². The first-order chi connectivity index (χ1) is 10.2. The van der Waals surface area contributed by atoms with Gasteiger partial charge in [0.1, 0.15) is 22.8 Å². The number of carboxylic acid groups (broad SMARTS) is 1. The molecule has 0 unspecified atom stereocenters. The van der Waals surface area contributed by atoms with Crippen LogP contribution in [0.3, 0.4) is 0 Å². The van der Waals surface area contributed by atoms with Crippen molar-refractivity contribution >= 4 is 73.7 Å². The molecule has 0 heterocycles.